The zero-order chi connectivity index (χ0) is 25.4. The second kappa shape index (κ2) is 11.7. The predicted octanol–water partition coefficient (Wildman–Crippen LogP) is 2.08. The van der Waals surface area contributed by atoms with Crippen LogP contribution in [0.4, 0.5) is 5.69 Å². The van der Waals surface area contributed by atoms with Crippen LogP contribution < -0.4 is 10.1 Å². The van der Waals surface area contributed by atoms with Crippen LogP contribution in [0, 0.1) is 10.1 Å². The lowest BCUT2D eigenvalue weighted by Crippen LogP contribution is -2.52. The molecule has 1 saturated heterocycles. The Hall–Kier alpha value is -4.28. The number of carbonyl (C=O) groups is 4. The number of hydrogen-bond donors (Lipinski definition) is 2. The zero-order valence-electron chi connectivity index (χ0n) is 18.8. The van der Waals surface area contributed by atoms with Gasteiger partial charge in [0.05, 0.1) is 11.3 Å². The van der Waals surface area contributed by atoms with Crippen molar-refractivity contribution in [1.82, 2.24) is 10.2 Å². The molecule has 0 spiro atoms. The van der Waals surface area contributed by atoms with E-state index in [2.05, 4.69) is 5.32 Å². The van der Waals surface area contributed by atoms with Crippen molar-refractivity contribution in [2.24, 2.45) is 0 Å². The quantitative estimate of drug-likeness (QED) is 0.225. The molecule has 2 amide bonds. The van der Waals surface area contributed by atoms with Crippen molar-refractivity contribution >= 4 is 29.4 Å². The van der Waals surface area contributed by atoms with E-state index >= 15 is 0 Å². The summed E-state index contributed by atoms with van der Waals surface area (Å²) in [4.78, 5) is 60.9. The molecule has 1 heterocycles. The average molecular weight is 483 g/mol. The van der Waals surface area contributed by atoms with Crippen LogP contribution >= 0.6 is 0 Å². The minimum absolute atomic E-state index is 0.0826. The van der Waals surface area contributed by atoms with Crippen molar-refractivity contribution in [1.29, 1.82) is 0 Å². The van der Waals surface area contributed by atoms with Crippen LogP contribution in [-0.2, 0) is 25.6 Å². The third kappa shape index (κ3) is 7.10. The smallest absolute Gasteiger partial charge is 0.334 e. The number of hydrogen-bond acceptors (Lipinski definition) is 7. The van der Waals surface area contributed by atoms with Gasteiger partial charge in [-0.05, 0) is 30.5 Å². The highest BCUT2D eigenvalue weighted by Gasteiger charge is 2.36. The molecule has 0 aromatic heterocycles. The lowest BCUT2D eigenvalue weighted by atomic mass is 10.0. The van der Waals surface area contributed by atoms with Gasteiger partial charge in [-0.15, -0.1) is 0 Å². The van der Waals surface area contributed by atoms with Crippen LogP contribution in [-0.4, -0.2) is 57.3 Å². The lowest BCUT2D eigenvalue weighted by Gasteiger charge is -2.26. The minimum atomic E-state index is -1.10. The number of esters is 1. The van der Waals surface area contributed by atoms with Gasteiger partial charge in [0.15, 0.2) is 0 Å². The van der Waals surface area contributed by atoms with E-state index in [0.717, 1.165) is 5.56 Å². The molecule has 0 bridgehead atoms. The molecule has 0 saturated carbocycles. The maximum Gasteiger partial charge on any atom is 0.334 e. The Morgan fingerprint density at radius 2 is 1.77 bits per heavy atom. The van der Waals surface area contributed by atoms with E-state index in [1.165, 1.54) is 29.2 Å². The number of benzene rings is 2. The number of nitrogens with one attached hydrogen (secondary N) is 1. The van der Waals surface area contributed by atoms with E-state index in [1.54, 1.807) is 24.3 Å². The number of rotatable bonds is 10. The van der Waals surface area contributed by atoms with Crippen LogP contribution in [0.1, 0.15) is 31.2 Å². The van der Waals surface area contributed by atoms with Crippen LogP contribution in [0.25, 0.3) is 0 Å². The molecule has 2 atom stereocenters. The zero-order valence-corrected chi connectivity index (χ0v) is 18.8. The summed E-state index contributed by atoms with van der Waals surface area (Å²) in [5.41, 5.74) is 0.604. The number of nitrogens with zero attached hydrogens (tertiary/aromatic N) is 2. The molecule has 1 aliphatic heterocycles. The molecule has 184 valence electrons. The van der Waals surface area contributed by atoms with Gasteiger partial charge in [0, 0.05) is 31.5 Å². The number of non-ortho nitro benzene ring substituents is 1. The fourth-order valence-corrected chi connectivity index (χ4v) is 3.83. The van der Waals surface area contributed by atoms with Gasteiger partial charge in [0.25, 0.3) is 5.69 Å². The van der Waals surface area contributed by atoms with Crippen molar-refractivity contribution in [2.75, 3.05) is 6.54 Å². The number of aliphatic carboxylic acids is 1. The molecule has 3 rings (SSSR count). The summed E-state index contributed by atoms with van der Waals surface area (Å²) in [6.07, 6.45) is 0.544. The lowest BCUT2D eigenvalue weighted by molar-refractivity contribution is -0.384. The second-order valence-electron chi connectivity index (χ2n) is 8.06. The molecule has 2 aromatic rings. The van der Waals surface area contributed by atoms with Crippen LogP contribution in [0.2, 0.25) is 0 Å². The number of ether oxygens (including phenoxy) is 1. The van der Waals surface area contributed by atoms with Gasteiger partial charge in [-0.3, -0.25) is 24.5 Å². The first kappa shape index (κ1) is 25.3. The SMILES string of the molecule is O=C(O)CCC(=O)N1CCC[C@H]1C(=O)N[C@@H](Cc1ccccc1)C(=O)Oc1ccc([N+](=O)[O-])cc1. The normalized spacial score (nSPS) is 15.8. The highest BCUT2D eigenvalue weighted by Crippen LogP contribution is 2.21. The van der Waals surface area contributed by atoms with Crippen molar-refractivity contribution in [3.63, 3.8) is 0 Å². The molecule has 2 N–H and O–H groups in total. The van der Waals surface area contributed by atoms with Gasteiger partial charge in [-0.25, -0.2) is 4.79 Å². The number of nitro benzene ring substituents is 1. The van der Waals surface area contributed by atoms with Gasteiger partial charge < -0.3 is 20.1 Å². The molecule has 11 nitrogen and oxygen atoms in total. The standard InChI is InChI=1S/C24H25N3O8/c28-21(12-13-22(29)30)26-14-4-7-20(26)23(31)25-19(15-16-5-2-1-3-6-16)24(32)35-18-10-8-17(9-11-18)27(33)34/h1-3,5-6,8-11,19-20H,4,7,12-15H2,(H,25,31)(H,29,30)/t19-,20-/m0/s1. The van der Waals surface area contributed by atoms with Crippen LogP contribution in [0.5, 0.6) is 5.75 Å². The minimum Gasteiger partial charge on any atom is -0.481 e. The van der Waals surface area contributed by atoms with Crippen molar-refractivity contribution in [2.45, 2.75) is 44.2 Å². The summed E-state index contributed by atoms with van der Waals surface area (Å²) in [6, 6.07) is 12.0. The summed E-state index contributed by atoms with van der Waals surface area (Å²) in [5.74, 6) is -2.75. The molecule has 2 aromatic carbocycles. The van der Waals surface area contributed by atoms with Crippen molar-refractivity contribution in [3.8, 4) is 5.75 Å². The number of likely N-dealkylation sites (tertiary alicyclic amines) is 1. The van der Waals surface area contributed by atoms with Gasteiger partial charge in [0.1, 0.15) is 17.8 Å². The molecule has 11 heteroatoms. The Kier molecular flexibility index (Phi) is 8.49. The Morgan fingerprint density at radius 3 is 2.40 bits per heavy atom. The van der Waals surface area contributed by atoms with Gasteiger partial charge in [0.2, 0.25) is 11.8 Å². The van der Waals surface area contributed by atoms with Gasteiger partial charge >= 0.3 is 11.9 Å². The number of amides is 2. The first-order valence-electron chi connectivity index (χ1n) is 11.1. The van der Waals surface area contributed by atoms with Crippen LogP contribution in [0.3, 0.4) is 0 Å². The molecule has 0 radical (unpaired) electrons. The Balaban J connectivity index is 1.73. The number of carboxylic acids is 1. The van der Waals surface area contributed by atoms with E-state index in [4.69, 9.17) is 9.84 Å². The van der Waals surface area contributed by atoms with Gasteiger partial charge in [-0.1, -0.05) is 30.3 Å². The average Bonchev–Trinajstić information content (AvgIpc) is 3.33. The van der Waals surface area contributed by atoms with Crippen molar-refractivity contribution < 1.29 is 33.9 Å². The molecule has 35 heavy (non-hydrogen) atoms. The Labute approximate surface area is 200 Å². The summed E-state index contributed by atoms with van der Waals surface area (Å²) in [7, 11) is 0. The van der Waals surface area contributed by atoms with E-state index in [1.807, 2.05) is 6.07 Å². The number of nitro groups is 1. The second-order valence-corrected chi connectivity index (χ2v) is 8.06. The fourth-order valence-electron chi connectivity index (χ4n) is 3.83. The largest absolute Gasteiger partial charge is 0.481 e. The summed E-state index contributed by atoms with van der Waals surface area (Å²) in [6.45, 7) is 0.327. The third-order valence-corrected chi connectivity index (χ3v) is 5.58. The molecule has 1 fully saturated rings. The predicted molar refractivity (Wildman–Crippen MR) is 122 cm³/mol. The topological polar surface area (TPSA) is 156 Å². The van der Waals surface area contributed by atoms with Crippen LogP contribution in [0.15, 0.2) is 54.6 Å². The van der Waals surface area contributed by atoms with E-state index in [0.29, 0.717) is 19.4 Å². The van der Waals surface area contributed by atoms with E-state index in [-0.39, 0.29) is 30.7 Å². The highest BCUT2D eigenvalue weighted by atomic mass is 16.6. The molecule has 0 unspecified atom stereocenters. The Morgan fingerprint density at radius 1 is 1.09 bits per heavy atom. The molecule has 1 aliphatic rings. The van der Waals surface area contributed by atoms with Gasteiger partial charge in [-0.2, -0.15) is 0 Å². The van der Waals surface area contributed by atoms with E-state index in [9.17, 15) is 29.3 Å². The third-order valence-electron chi connectivity index (χ3n) is 5.58. The highest BCUT2D eigenvalue weighted by molar-refractivity contribution is 5.92. The molecule has 0 aliphatic carbocycles. The summed E-state index contributed by atoms with van der Waals surface area (Å²) >= 11 is 0. The fraction of sp³-hybridized carbons (Fsp3) is 0.333. The van der Waals surface area contributed by atoms with Crippen molar-refractivity contribution in [3.05, 3.63) is 70.3 Å². The maximum atomic E-state index is 13.1. The molecular formula is C24H25N3O8. The Bertz CT molecular complexity index is 1090. The first-order valence-corrected chi connectivity index (χ1v) is 11.1. The summed E-state index contributed by atoms with van der Waals surface area (Å²) < 4.78 is 5.36. The maximum absolute atomic E-state index is 13.1. The molecular weight excluding hydrogens is 458 g/mol. The number of carboxylic acid groups (broad SMARTS) is 1. The summed E-state index contributed by atoms with van der Waals surface area (Å²) in [5, 5.41) is 22.3. The van der Waals surface area contributed by atoms with E-state index < -0.39 is 40.8 Å². The number of carbonyl (C=O) groups excluding carboxylic acids is 3. The first-order chi connectivity index (χ1) is 16.7. The monoisotopic (exact) mass is 483 g/mol.